The van der Waals surface area contributed by atoms with Crippen LogP contribution in [0.3, 0.4) is 0 Å². The van der Waals surface area contributed by atoms with Crippen LogP contribution in [0.15, 0.2) is 4.99 Å². The number of guanidine groups is 1. The average molecular weight is 474 g/mol. The zero-order valence-corrected chi connectivity index (χ0v) is 18.8. The number of nitrogens with two attached hydrogens (primary N) is 2. The smallest absolute Gasteiger partial charge is 0.328 e. The van der Waals surface area contributed by atoms with Crippen molar-refractivity contribution < 1.29 is 34.5 Å². The molecule has 11 N–H and O–H groups in total. The van der Waals surface area contributed by atoms with Crippen LogP contribution < -0.4 is 32.7 Å². The van der Waals surface area contributed by atoms with E-state index in [1.807, 2.05) is 0 Å². The Balaban J connectivity index is 2.93. The number of carboxylic acid groups (broad SMARTS) is 1. The van der Waals surface area contributed by atoms with Crippen molar-refractivity contribution in [3.63, 3.8) is 0 Å². The molecule has 6 unspecified atom stereocenters. The lowest BCUT2D eigenvalue weighted by Crippen LogP contribution is -2.60. The number of aliphatic hydroxyl groups is 2. The predicted molar refractivity (Wildman–Crippen MR) is 118 cm³/mol. The first kappa shape index (κ1) is 28.1. The Morgan fingerprint density at radius 2 is 1.67 bits per heavy atom. The minimum absolute atomic E-state index is 0.0190. The lowest BCUT2D eigenvalue weighted by molar-refractivity contribution is -0.145. The highest BCUT2D eigenvalue weighted by Gasteiger charge is 2.34. The van der Waals surface area contributed by atoms with Crippen LogP contribution in [0.2, 0.25) is 0 Å². The van der Waals surface area contributed by atoms with Crippen molar-refractivity contribution in [2.24, 2.45) is 16.5 Å². The molecule has 1 aliphatic rings. The third-order valence-corrected chi connectivity index (χ3v) is 5.06. The summed E-state index contributed by atoms with van der Waals surface area (Å²) in [6.45, 7) is 3.32. The fourth-order valence-electron chi connectivity index (χ4n) is 3.24. The summed E-state index contributed by atoms with van der Waals surface area (Å²) in [6.07, 6.45) is -1.01. The van der Waals surface area contributed by atoms with E-state index in [1.165, 1.54) is 13.8 Å². The highest BCUT2D eigenvalue weighted by molar-refractivity contribution is 5.94. The number of hydrogen-bond donors (Lipinski definition) is 9. The third-order valence-electron chi connectivity index (χ3n) is 5.06. The van der Waals surface area contributed by atoms with Gasteiger partial charge in [0.05, 0.1) is 18.2 Å². The molecule has 0 saturated carbocycles. The van der Waals surface area contributed by atoms with Crippen LogP contribution in [0.1, 0.15) is 39.5 Å². The van der Waals surface area contributed by atoms with Gasteiger partial charge < -0.3 is 48.1 Å². The molecule has 0 aromatic heterocycles. The third kappa shape index (κ3) is 9.59. The van der Waals surface area contributed by atoms with E-state index in [0.29, 0.717) is 13.0 Å². The highest BCUT2D eigenvalue weighted by Crippen LogP contribution is 2.07. The molecule has 1 heterocycles. The molecule has 6 atom stereocenters. The maximum absolute atomic E-state index is 12.8. The zero-order chi connectivity index (χ0) is 25.1. The van der Waals surface area contributed by atoms with Crippen molar-refractivity contribution in [3.8, 4) is 0 Å². The van der Waals surface area contributed by atoms with Crippen molar-refractivity contribution in [2.45, 2.75) is 75.9 Å². The SMILES string of the molecule is CC(O)C(NC(=O)C(CCCN=C(N)N)NC(=O)C(NC(=O)C1CCCN1)C(C)O)C(=O)O. The van der Waals surface area contributed by atoms with Gasteiger partial charge in [-0.25, -0.2) is 4.79 Å². The monoisotopic (exact) mass is 473 g/mol. The van der Waals surface area contributed by atoms with Crippen LogP contribution in [0, 0.1) is 0 Å². The Morgan fingerprint density at radius 1 is 1.03 bits per heavy atom. The van der Waals surface area contributed by atoms with Gasteiger partial charge in [0.1, 0.15) is 12.1 Å². The van der Waals surface area contributed by atoms with E-state index in [0.717, 1.165) is 6.42 Å². The van der Waals surface area contributed by atoms with E-state index in [4.69, 9.17) is 11.5 Å². The summed E-state index contributed by atoms with van der Waals surface area (Å²) in [7, 11) is 0. The van der Waals surface area contributed by atoms with Gasteiger partial charge in [-0.05, 0) is 46.1 Å². The number of carboxylic acids is 1. The molecule has 0 bridgehead atoms. The van der Waals surface area contributed by atoms with E-state index >= 15 is 0 Å². The molecule has 14 nitrogen and oxygen atoms in total. The van der Waals surface area contributed by atoms with Crippen molar-refractivity contribution in [1.82, 2.24) is 21.3 Å². The number of rotatable bonds is 13. The molecule has 188 valence electrons. The van der Waals surface area contributed by atoms with Crippen LogP contribution in [-0.2, 0) is 19.2 Å². The Hall–Kier alpha value is -2.97. The molecule has 1 rings (SSSR count). The van der Waals surface area contributed by atoms with Gasteiger partial charge in [-0.3, -0.25) is 19.4 Å². The molecule has 14 heteroatoms. The van der Waals surface area contributed by atoms with Crippen LogP contribution in [0.4, 0.5) is 0 Å². The lowest BCUT2D eigenvalue weighted by Gasteiger charge is -2.26. The number of hydrogen-bond acceptors (Lipinski definition) is 8. The molecular weight excluding hydrogens is 438 g/mol. The van der Waals surface area contributed by atoms with Crippen LogP contribution in [-0.4, -0.2) is 94.4 Å². The normalized spacial score (nSPS) is 19.9. The van der Waals surface area contributed by atoms with Gasteiger partial charge in [0, 0.05) is 6.54 Å². The zero-order valence-electron chi connectivity index (χ0n) is 18.8. The van der Waals surface area contributed by atoms with Crippen LogP contribution in [0.25, 0.3) is 0 Å². The van der Waals surface area contributed by atoms with E-state index in [1.54, 1.807) is 0 Å². The summed E-state index contributed by atoms with van der Waals surface area (Å²) in [4.78, 5) is 53.0. The molecule has 0 aromatic rings. The van der Waals surface area contributed by atoms with Gasteiger partial charge in [-0.1, -0.05) is 0 Å². The number of nitrogens with zero attached hydrogens (tertiary/aromatic N) is 1. The molecule has 0 spiro atoms. The molecule has 0 aromatic carbocycles. The predicted octanol–water partition coefficient (Wildman–Crippen LogP) is -3.91. The second-order valence-electron chi connectivity index (χ2n) is 7.95. The minimum Gasteiger partial charge on any atom is -0.480 e. The van der Waals surface area contributed by atoms with E-state index < -0.39 is 60.1 Å². The van der Waals surface area contributed by atoms with Crippen LogP contribution in [0.5, 0.6) is 0 Å². The van der Waals surface area contributed by atoms with Crippen molar-refractivity contribution in [3.05, 3.63) is 0 Å². The molecule has 1 saturated heterocycles. The number of aliphatic imine (C=N–C) groups is 1. The van der Waals surface area contributed by atoms with Crippen LogP contribution >= 0.6 is 0 Å². The first-order valence-electron chi connectivity index (χ1n) is 10.7. The van der Waals surface area contributed by atoms with E-state index in [-0.39, 0.29) is 25.3 Å². The first-order valence-corrected chi connectivity index (χ1v) is 10.7. The second kappa shape index (κ2) is 13.5. The minimum atomic E-state index is -1.60. The molecule has 33 heavy (non-hydrogen) atoms. The standard InChI is InChI=1S/C19H35N7O7/c1-9(27)13(25-15(29)11-5-3-7-22-11)17(31)24-12(6-4-8-23-19(20)21)16(30)26-14(10(2)28)18(32)33/h9-14,22,27-28H,3-8H2,1-2H3,(H,24,31)(H,25,29)(H,26,30)(H,32,33)(H4,20,21,23). The Labute approximate surface area is 191 Å². The molecule has 1 aliphatic heterocycles. The fraction of sp³-hybridized carbons (Fsp3) is 0.737. The Morgan fingerprint density at radius 3 is 2.15 bits per heavy atom. The molecule has 0 radical (unpaired) electrons. The van der Waals surface area contributed by atoms with Crippen molar-refractivity contribution >= 4 is 29.7 Å². The largest absolute Gasteiger partial charge is 0.480 e. The van der Waals surface area contributed by atoms with Gasteiger partial charge in [-0.15, -0.1) is 0 Å². The summed E-state index contributed by atoms with van der Waals surface area (Å²) in [5.74, 6) is -3.77. The quantitative estimate of drug-likeness (QED) is 0.0715. The average Bonchev–Trinajstić information content (AvgIpc) is 3.25. The summed E-state index contributed by atoms with van der Waals surface area (Å²) >= 11 is 0. The Bertz CT molecular complexity index is 719. The van der Waals surface area contributed by atoms with Gasteiger partial charge >= 0.3 is 5.97 Å². The van der Waals surface area contributed by atoms with E-state index in [9.17, 15) is 34.5 Å². The number of carbonyl (C=O) groups is 4. The maximum atomic E-state index is 12.8. The number of nitrogens with one attached hydrogen (secondary N) is 4. The molecule has 1 fully saturated rings. The maximum Gasteiger partial charge on any atom is 0.328 e. The topological polar surface area (TPSA) is 241 Å². The summed E-state index contributed by atoms with van der Waals surface area (Å²) in [5.41, 5.74) is 10.5. The van der Waals surface area contributed by atoms with Gasteiger partial charge in [0.2, 0.25) is 17.7 Å². The number of aliphatic hydroxyl groups excluding tert-OH is 2. The van der Waals surface area contributed by atoms with Gasteiger partial charge in [0.15, 0.2) is 12.0 Å². The van der Waals surface area contributed by atoms with Crippen molar-refractivity contribution in [1.29, 1.82) is 0 Å². The van der Waals surface area contributed by atoms with E-state index in [2.05, 4.69) is 26.3 Å². The fourth-order valence-corrected chi connectivity index (χ4v) is 3.24. The molecule has 3 amide bonds. The number of amides is 3. The second-order valence-corrected chi connectivity index (χ2v) is 7.95. The lowest BCUT2D eigenvalue weighted by atomic mass is 10.1. The summed E-state index contributed by atoms with van der Waals surface area (Å²) < 4.78 is 0. The van der Waals surface area contributed by atoms with Gasteiger partial charge in [-0.2, -0.15) is 0 Å². The first-order chi connectivity index (χ1) is 15.4. The molecular formula is C19H35N7O7. The number of carbonyl (C=O) groups excluding carboxylic acids is 3. The van der Waals surface area contributed by atoms with Gasteiger partial charge in [0.25, 0.3) is 0 Å². The summed E-state index contributed by atoms with van der Waals surface area (Å²) in [5, 5.41) is 38.9. The molecule has 0 aliphatic carbocycles. The van der Waals surface area contributed by atoms with Crippen molar-refractivity contribution in [2.75, 3.05) is 13.1 Å². The Kier molecular flexibility index (Phi) is 11.5. The highest BCUT2D eigenvalue weighted by atomic mass is 16.4. The summed E-state index contributed by atoms with van der Waals surface area (Å²) in [6, 6.07) is -4.68. The number of aliphatic carboxylic acids is 1.